The average molecular weight is 294 g/mol. The second kappa shape index (κ2) is 8.77. The highest BCUT2D eigenvalue weighted by Gasteiger charge is 2.36. The topological polar surface area (TPSA) is 64.8 Å². The molecule has 5 heteroatoms. The van der Waals surface area contributed by atoms with E-state index in [9.17, 15) is 4.79 Å². The van der Waals surface area contributed by atoms with Crippen molar-refractivity contribution in [1.29, 1.82) is 0 Å². The van der Waals surface area contributed by atoms with E-state index in [1.807, 2.05) is 44.3 Å². The zero-order chi connectivity index (χ0) is 15.7. The molecule has 0 bridgehead atoms. The first kappa shape index (κ1) is 17.6. The van der Waals surface area contributed by atoms with Crippen LogP contribution in [0.15, 0.2) is 30.3 Å². The largest absolute Gasteiger partial charge is 0.467 e. The molecule has 0 heterocycles. The van der Waals surface area contributed by atoms with E-state index < -0.39 is 11.5 Å². The molecule has 0 fully saturated rings. The number of hydrogen-bond donors (Lipinski definition) is 1. The molecule has 0 aliphatic carbocycles. The van der Waals surface area contributed by atoms with E-state index in [0.29, 0.717) is 26.2 Å². The highest BCUT2D eigenvalue weighted by Crippen LogP contribution is 2.24. The van der Waals surface area contributed by atoms with Crippen LogP contribution in [0.4, 0.5) is 0 Å². The van der Waals surface area contributed by atoms with Gasteiger partial charge in [-0.25, -0.2) is 4.79 Å². The van der Waals surface area contributed by atoms with Crippen LogP contribution in [0.25, 0.3) is 0 Å². The van der Waals surface area contributed by atoms with E-state index in [0.717, 1.165) is 12.1 Å². The SMILES string of the molecule is CCOCCN(C)CCC(N)(C(=O)OC)c1ccccc1. The molecule has 0 saturated heterocycles. The fourth-order valence-electron chi connectivity index (χ4n) is 2.13. The Morgan fingerprint density at radius 2 is 1.95 bits per heavy atom. The summed E-state index contributed by atoms with van der Waals surface area (Å²) < 4.78 is 10.2. The van der Waals surface area contributed by atoms with Gasteiger partial charge in [0.1, 0.15) is 5.54 Å². The van der Waals surface area contributed by atoms with Crippen LogP contribution in [0.3, 0.4) is 0 Å². The maximum absolute atomic E-state index is 12.1. The van der Waals surface area contributed by atoms with Crippen LogP contribution in [0, 0.1) is 0 Å². The van der Waals surface area contributed by atoms with Crippen molar-refractivity contribution in [1.82, 2.24) is 4.90 Å². The third-order valence-electron chi connectivity index (χ3n) is 3.55. The molecule has 0 aliphatic rings. The lowest BCUT2D eigenvalue weighted by Gasteiger charge is -2.29. The number of esters is 1. The Hall–Kier alpha value is -1.43. The van der Waals surface area contributed by atoms with Crippen molar-refractivity contribution in [3.63, 3.8) is 0 Å². The Labute approximate surface area is 127 Å². The summed E-state index contributed by atoms with van der Waals surface area (Å²) in [4.78, 5) is 14.2. The number of hydrogen-bond acceptors (Lipinski definition) is 5. The molecule has 2 N–H and O–H groups in total. The van der Waals surface area contributed by atoms with Crippen molar-refractivity contribution in [3.8, 4) is 0 Å². The van der Waals surface area contributed by atoms with Crippen LogP contribution in [-0.2, 0) is 19.8 Å². The number of carbonyl (C=O) groups is 1. The molecule has 118 valence electrons. The predicted molar refractivity (Wildman–Crippen MR) is 82.9 cm³/mol. The molecule has 1 aromatic rings. The Kier molecular flexibility index (Phi) is 7.36. The van der Waals surface area contributed by atoms with Crippen molar-refractivity contribution < 1.29 is 14.3 Å². The Morgan fingerprint density at radius 1 is 1.29 bits per heavy atom. The van der Waals surface area contributed by atoms with Crippen LogP contribution in [0.2, 0.25) is 0 Å². The molecule has 0 spiro atoms. The predicted octanol–water partition coefficient (Wildman–Crippen LogP) is 1.37. The molecule has 21 heavy (non-hydrogen) atoms. The summed E-state index contributed by atoms with van der Waals surface area (Å²) in [6.45, 7) is 4.85. The molecular formula is C16H26N2O3. The number of likely N-dealkylation sites (N-methyl/N-ethyl adjacent to an activating group) is 1. The van der Waals surface area contributed by atoms with Gasteiger partial charge in [0.05, 0.1) is 13.7 Å². The Balaban J connectivity index is 2.69. The van der Waals surface area contributed by atoms with Gasteiger partial charge in [-0.05, 0) is 26.0 Å². The van der Waals surface area contributed by atoms with Gasteiger partial charge in [0.2, 0.25) is 0 Å². The van der Waals surface area contributed by atoms with Crippen molar-refractivity contribution >= 4 is 5.97 Å². The summed E-state index contributed by atoms with van der Waals surface area (Å²) in [5, 5.41) is 0. The summed E-state index contributed by atoms with van der Waals surface area (Å²) >= 11 is 0. The highest BCUT2D eigenvalue weighted by atomic mass is 16.5. The first-order valence-corrected chi connectivity index (χ1v) is 7.23. The third-order valence-corrected chi connectivity index (χ3v) is 3.55. The van der Waals surface area contributed by atoms with Gasteiger partial charge in [-0.1, -0.05) is 30.3 Å². The van der Waals surface area contributed by atoms with Gasteiger partial charge in [-0.3, -0.25) is 0 Å². The van der Waals surface area contributed by atoms with Crippen LogP contribution < -0.4 is 5.73 Å². The van der Waals surface area contributed by atoms with Gasteiger partial charge in [0.25, 0.3) is 0 Å². The number of nitrogens with two attached hydrogens (primary N) is 1. The minimum atomic E-state index is -1.12. The van der Waals surface area contributed by atoms with Crippen molar-refractivity contribution in [3.05, 3.63) is 35.9 Å². The fraction of sp³-hybridized carbons (Fsp3) is 0.562. The normalized spacial score (nSPS) is 14.0. The second-order valence-electron chi connectivity index (χ2n) is 5.08. The van der Waals surface area contributed by atoms with Crippen LogP contribution in [0.1, 0.15) is 18.9 Å². The zero-order valence-corrected chi connectivity index (χ0v) is 13.2. The van der Waals surface area contributed by atoms with Crippen LogP contribution >= 0.6 is 0 Å². The first-order valence-electron chi connectivity index (χ1n) is 7.23. The number of methoxy groups -OCH3 is 1. The molecule has 5 nitrogen and oxygen atoms in total. The molecule has 0 amide bonds. The number of nitrogens with zero attached hydrogens (tertiary/aromatic N) is 1. The minimum Gasteiger partial charge on any atom is -0.467 e. The highest BCUT2D eigenvalue weighted by molar-refractivity contribution is 5.82. The van der Waals surface area contributed by atoms with E-state index in [1.54, 1.807) is 0 Å². The lowest BCUT2D eigenvalue weighted by molar-refractivity contribution is -0.148. The van der Waals surface area contributed by atoms with Crippen molar-refractivity contribution in [2.24, 2.45) is 5.73 Å². The molecule has 1 aromatic carbocycles. The molecule has 1 unspecified atom stereocenters. The van der Waals surface area contributed by atoms with Gasteiger partial charge in [0, 0.05) is 19.7 Å². The third kappa shape index (κ3) is 5.12. The molecule has 0 radical (unpaired) electrons. The molecule has 1 atom stereocenters. The van der Waals surface area contributed by atoms with Gasteiger partial charge in [0.15, 0.2) is 0 Å². The van der Waals surface area contributed by atoms with Gasteiger partial charge in [-0.15, -0.1) is 0 Å². The summed E-state index contributed by atoms with van der Waals surface area (Å²) in [5.74, 6) is -0.410. The van der Waals surface area contributed by atoms with Gasteiger partial charge < -0.3 is 20.1 Å². The second-order valence-corrected chi connectivity index (χ2v) is 5.08. The average Bonchev–Trinajstić information content (AvgIpc) is 2.52. The van der Waals surface area contributed by atoms with E-state index in [2.05, 4.69) is 4.90 Å². The molecule has 0 aromatic heterocycles. The fourth-order valence-corrected chi connectivity index (χ4v) is 2.13. The summed E-state index contributed by atoms with van der Waals surface area (Å²) in [5.41, 5.74) is 6.00. The van der Waals surface area contributed by atoms with Gasteiger partial charge >= 0.3 is 5.97 Å². The summed E-state index contributed by atoms with van der Waals surface area (Å²) in [7, 11) is 3.35. The Morgan fingerprint density at radius 3 is 2.52 bits per heavy atom. The van der Waals surface area contributed by atoms with Crippen LogP contribution in [-0.4, -0.2) is 51.3 Å². The smallest absolute Gasteiger partial charge is 0.330 e. The van der Waals surface area contributed by atoms with E-state index >= 15 is 0 Å². The molecular weight excluding hydrogens is 268 g/mol. The number of carbonyl (C=O) groups excluding carboxylic acids is 1. The zero-order valence-electron chi connectivity index (χ0n) is 13.2. The van der Waals surface area contributed by atoms with Crippen LogP contribution in [0.5, 0.6) is 0 Å². The van der Waals surface area contributed by atoms with E-state index in [4.69, 9.17) is 15.2 Å². The molecule has 0 saturated carbocycles. The molecule has 1 rings (SSSR count). The molecule has 0 aliphatic heterocycles. The lowest BCUT2D eigenvalue weighted by atomic mass is 9.87. The first-order chi connectivity index (χ1) is 10.0. The van der Waals surface area contributed by atoms with E-state index in [1.165, 1.54) is 7.11 Å². The summed E-state index contributed by atoms with van der Waals surface area (Å²) in [6.07, 6.45) is 0.492. The van der Waals surface area contributed by atoms with Gasteiger partial charge in [-0.2, -0.15) is 0 Å². The van der Waals surface area contributed by atoms with E-state index in [-0.39, 0.29) is 0 Å². The maximum atomic E-state index is 12.1. The maximum Gasteiger partial charge on any atom is 0.330 e. The quantitative estimate of drug-likeness (QED) is 0.550. The monoisotopic (exact) mass is 294 g/mol. The Bertz CT molecular complexity index is 425. The lowest BCUT2D eigenvalue weighted by Crippen LogP contribution is -2.48. The number of ether oxygens (including phenoxy) is 2. The van der Waals surface area contributed by atoms with Crippen molar-refractivity contribution in [2.45, 2.75) is 18.9 Å². The standard InChI is InChI=1S/C16H26N2O3/c1-4-21-13-12-18(2)11-10-16(17,15(19)20-3)14-8-6-5-7-9-14/h5-9H,4,10-13,17H2,1-3H3. The number of rotatable bonds is 9. The minimum absolute atomic E-state index is 0.410. The van der Waals surface area contributed by atoms with Crippen molar-refractivity contribution in [2.75, 3.05) is 40.5 Å². The number of benzene rings is 1. The summed E-state index contributed by atoms with van der Waals surface area (Å²) in [6, 6.07) is 9.36.